The molecule has 0 bridgehead atoms. The molecule has 0 saturated carbocycles. The van der Waals surface area contributed by atoms with E-state index in [1.165, 1.54) is 29.8 Å². The zero-order valence-corrected chi connectivity index (χ0v) is 13.7. The SMILES string of the molecule is CNC(C(=O)Nc1nc2c(s1)CCCCC2)c1cnn(C)c1. The largest absolute Gasteiger partial charge is 0.305 e. The van der Waals surface area contributed by atoms with Crippen LogP contribution in [0.2, 0.25) is 0 Å². The molecule has 1 atom stereocenters. The lowest BCUT2D eigenvalue weighted by Crippen LogP contribution is -2.30. The lowest BCUT2D eigenvalue weighted by molar-refractivity contribution is -0.118. The Morgan fingerprint density at radius 1 is 1.36 bits per heavy atom. The second kappa shape index (κ2) is 6.58. The van der Waals surface area contributed by atoms with Gasteiger partial charge >= 0.3 is 0 Å². The van der Waals surface area contributed by atoms with E-state index < -0.39 is 6.04 Å². The number of nitrogens with zero attached hydrogens (tertiary/aromatic N) is 3. The van der Waals surface area contributed by atoms with Crippen LogP contribution in [0.5, 0.6) is 0 Å². The van der Waals surface area contributed by atoms with E-state index >= 15 is 0 Å². The van der Waals surface area contributed by atoms with Crippen LogP contribution in [0.1, 0.15) is 41.4 Å². The first kappa shape index (κ1) is 15.2. The minimum absolute atomic E-state index is 0.0978. The third-order valence-corrected chi connectivity index (χ3v) is 5.01. The predicted molar refractivity (Wildman–Crippen MR) is 87.0 cm³/mol. The van der Waals surface area contributed by atoms with E-state index in [0.717, 1.165) is 18.4 Å². The number of thiazole rings is 1. The Morgan fingerprint density at radius 2 is 2.18 bits per heavy atom. The van der Waals surface area contributed by atoms with E-state index in [0.29, 0.717) is 5.13 Å². The van der Waals surface area contributed by atoms with Crippen LogP contribution >= 0.6 is 11.3 Å². The van der Waals surface area contributed by atoms with Gasteiger partial charge in [0.1, 0.15) is 6.04 Å². The summed E-state index contributed by atoms with van der Waals surface area (Å²) in [7, 11) is 3.61. The van der Waals surface area contributed by atoms with Gasteiger partial charge in [-0.2, -0.15) is 5.10 Å². The average molecular weight is 319 g/mol. The Balaban J connectivity index is 1.73. The molecule has 0 aromatic carbocycles. The molecule has 2 aromatic heterocycles. The number of aromatic nitrogens is 3. The van der Waals surface area contributed by atoms with Crippen molar-refractivity contribution in [1.82, 2.24) is 20.1 Å². The average Bonchev–Trinajstić information content (AvgIpc) is 3.00. The fourth-order valence-corrected chi connectivity index (χ4v) is 3.85. The standard InChI is InChI=1S/C15H21N5OS/c1-16-13(10-8-17-20(2)9-10)14(21)19-15-18-11-6-4-3-5-7-12(11)22-15/h8-9,13,16H,3-7H2,1-2H3,(H,18,19,21). The highest BCUT2D eigenvalue weighted by molar-refractivity contribution is 7.15. The molecule has 1 aliphatic rings. The van der Waals surface area contributed by atoms with Crippen LogP contribution in [-0.2, 0) is 24.7 Å². The highest BCUT2D eigenvalue weighted by Crippen LogP contribution is 2.29. The molecule has 2 heterocycles. The van der Waals surface area contributed by atoms with Gasteiger partial charge in [0.15, 0.2) is 5.13 Å². The van der Waals surface area contributed by atoms with Crippen molar-refractivity contribution in [3.63, 3.8) is 0 Å². The molecule has 1 aliphatic carbocycles. The maximum absolute atomic E-state index is 12.5. The van der Waals surface area contributed by atoms with Crippen molar-refractivity contribution in [2.24, 2.45) is 7.05 Å². The van der Waals surface area contributed by atoms with Crippen LogP contribution in [-0.4, -0.2) is 27.7 Å². The molecular formula is C15H21N5OS. The summed E-state index contributed by atoms with van der Waals surface area (Å²) in [4.78, 5) is 18.4. The number of carbonyl (C=O) groups is 1. The van der Waals surface area contributed by atoms with Crippen molar-refractivity contribution in [2.75, 3.05) is 12.4 Å². The van der Waals surface area contributed by atoms with Crippen LogP contribution in [0.25, 0.3) is 0 Å². The summed E-state index contributed by atoms with van der Waals surface area (Å²) >= 11 is 1.61. The lowest BCUT2D eigenvalue weighted by atomic mass is 10.1. The smallest absolute Gasteiger partial charge is 0.247 e. The summed E-state index contributed by atoms with van der Waals surface area (Å²) in [6.07, 6.45) is 9.35. The number of fused-ring (bicyclic) bond motifs is 1. The van der Waals surface area contributed by atoms with Gasteiger partial charge in [-0.1, -0.05) is 6.42 Å². The first-order valence-electron chi connectivity index (χ1n) is 7.62. The molecule has 0 spiro atoms. The summed E-state index contributed by atoms with van der Waals surface area (Å²) in [5.74, 6) is -0.0978. The second-order valence-electron chi connectivity index (χ2n) is 5.61. The van der Waals surface area contributed by atoms with Gasteiger partial charge in [0.25, 0.3) is 0 Å². The highest BCUT2D eigenvalue weighted by atomic mass is 32.1. The molecule has 2 aromatic rings. The van der Waals surface area contributed by atoms with E-state index in [-0.39, 0.29) is 5.91 Å². The molecule has 1 amide bonds. The Kier molecular flexibility index (Phi) is 4.54. The zero-order valence-electron chi connectivity index (χ0n) is 12.9. The van der Waals surface area contributed by atoms with E-state index in [1.54, 1.807) is 29.3 Å². The minimum atomic E-state index is -0.419. The Hall–Kier alpha value is -1.73. The number of nitrogens with one attached hydrogen (secondary N) is 2. The van der Waals surface area contributed by atoms with Gasteiger partial charge in [-0.3, -0.25) is 9.48 Å². The number of aryl methyl sites for hydroxylation is 3. The van der Waals surface area contributed by atoms with E-state index in [2.05, 4.69) is 20.7 Å². The normalized spacial score (nSPS) is 15.9. The monoisotopic (exact) mass is 319 g/mol. The molecule has 22 heavy (non-hydrogen) atoms. The number of hydrogen-bond donors (Lipinski definition) is 2. The molecule has 0 radical (unpaired) electrons. The molecule has 2 N–H and O–H groups in total. The van der Waals surface area contributed by atoms with Gasteiger partial charge in [-0.05, 0) is 32.7 Å². The summed E-state index contributed by atoms with van der Waals surface area (Å²) in [6, 6.07) is -0.419. The lowest BCUT2D eigenvalue weighted by Gasteiger charge is -2.13. The number of anilines is 1. The van der Waals surface area contributed by atoms with Crippen LogP contribution in [0, 0.1) is 0 Å². The third kappa shape index (κ3) is 3.20. The molecule has 0 saturated heterocycles. The zero-order chi connectivity index (χ0) is 15.5. The Morgan fingerprint density at radius 3 is 2.91 bits per heavy atom. The van der Waals surface area contributed by atoms with Crippen molar-refractivity contribution in [2.45, 2.75) is 38.1 Å². The quantitative estimate of drug-likeness (QED) is 0.846. The van der Waals surface area contributed by atoms with Gasteiger partial charge in [-0.25, -0.2) is 4.98 Å². The van der Waals surface area contributed by atoms with Crippen LogP contribution in [0.3, 0.4) is 0 Å². The molecule has 118 valence electrons. The van der Waals surface area contributed by atoms with Crippen molar-refractivity contribution in [1.29, 1.82) is 0 Å². The topological polar surface area (TPSA) is 71.8 Å². The van der Waals surface area contributed by atoms with Crippen molar-refractivity contribution >= 4 is 22.4 Å². The number of carbonyl (C=O) groups excluding carboxylic acids is 1. The summed E-state index contributed by atoms with van der Waals surface area (Å²) in [6.45, 7) is 0. The van der Waals surface area contributed by atoms with Gasteiger partial charge in [0.2, 0.25) is 5.91 Å². The first-order chi connectivity index (χ1) is 10.7. The molecule has 7 heteroatoms. The predicted octanol–water partition coefficient (Wildman–Crippen LogP) is 2.04. The molecule has 0 fully saturated rings. The fraction of sp³-hybridized carbons (Fsp3) is 0.533. The maximum atomic E-state index is 12.5. The molecule has 1 unspecified atom stereocenters. The third-order valence-electron chi connectivity index (χ3n) is 3.93. The van der Waals surface area contributed by atoms with Crippen LogP contribution in [0.15, 0.2) is 12.4 Å². The summed E-state index contributed by atoms with van der Waals surface area (Å²) in [5, 5.41) is 10.8. The highest BCUT2D eigenvalue weighted by Gasteiger charge is 2.22. The number of amides is 1. The first-order valence-corrected chi connectivity index (χ1v) is 8.44. The van der Waals surface area contributed by atoms with Gasteiger partial charge in [0.05, 0.1) is 11.9 Å². The maximum Gasteiger partial charge on any atom is 0.247 e. The number of hydrogen-bond acceptors (Lipinski definition) is 5. The van der Waals surface area contributed by atoms with E-state index in [9.17, 15) is 4.79 Å². The van der Waals surface area contributed by atoms with Crippen molar-refractivity contribution < 1.29 is 4.79 Å². The van der Waals surface area contributed by atoms with Crippen molar-refractivity contribution in [3.05, 3.63) is 28.5 Å². The van der Waals surface area contributed by atoms with E-state index in [4.69, 9.17) is 0 Å². The minimum Gasteiger partial charge on any atom is -0.305 e. The molecule has 3 rings (SSSR count). The number of rotatable bonds is 4. The fourth-order valence-electron chi connectivity index (χ4n) is 2.80. The van der Waals surface area contributed by atoms with Gasteiger partial charge in [0, 0.05) is 23.7 Å². The Bertz CT molecular complexity index is 639. The molecular weight excluding hydrogens is 298 g/mol. The van der Waals surface area contributed by atoms with Gasteiger partial charge in [-0.15, -0.1) is 11.3 Å². The Labute approximate surface area is 133 Å². The van der Waals surface area contributed by atoms with Crippen LogP contribution < -0.4 is 10.6 Å². The number of likely N-dealkylation sites (N-methyl/N-ethyl adjacent to an activating group) is 1. The van der Waals surface area contributed by atoms with Crippen molar-refractivity contribution in [3.8, 4) is 0 Å². The van der Waals surface area contributed by atoms with Crippen LogP contribution in [0.4, 0.5) is 5.13 Å². The van der Waals surface area contributed by atoms with Gasteiger partial charge < -0.3 is 10.6 Å². The summed E-state index contributed by atoms with van der Waals surface area (Å²) < 4.78 is 1.69. The molecule has 0 aliphatic heterocycles. The second-order valence-corrected chi connectivity index (χ2v) is 6.69. The summed E-state index contributed by atoms with van der Waals surface area (Å²) in [5.41, 5.74) is 2.01. The van der Waals surface area contributed by atoms with E-state index in [1.807, 2.05) is 13.2 Å². The molecule has 6 nitrogen and oxygen atoms in total.